The summed E-state index contributed by atoms with van der Waals surface area (Å²) in [7, 11) is 0. The molecule has 2 fully saturated rings. The van der Waals surface area contributed by atoms with E-state index in [1.54, 1.807) is 0 Å². The highest BCUT2D eigenvalue weighted by Gasteiger charge is 2.27. The average Bonchev–Trinajstić information content (AvgIpc) is 2.46. The Bertz CT molecular complexity index is 311. The minimum Gasteiger partial charge on any atom is -0.394 e. The van der Waals surface area contributed by atoms with Crippen molar-refractivity contribution in [1.29, 1.82) is 0 Å². The Hall–Kier alpha value is -0.650. The lowest BCUT2D eigenvalue weighted by Crippen LogP contribution is -2.49. The number of ether oxygens (including phenoxy) is 1. The molecule has 5 nitrogen and oxygen atoms in total. The summed E-state index contributed by atoms with van der Waals surface area (Å²) in [5.74, 6) is 0.264. The molecule has 0 aromatic heterocycles. The Kier molecular flexibility index (Phi) is 6.26. The van der Waals surface area contributed by atoms with Crippen molar-refractivity contribution in [3.8, 4) is 0 Å². The van der Waals surface area contributed by atoms with Crippen LogP contribution in [0, 0.1) is 0 Å². The summed E-state index contributed by atoms with van der Waals surface area (Å²) in [6, 6.07) is 0.391. The molecule has 2 heterocycles. The van der Waals surface area contributed by atoms with Gasteiger partial charge in [-0.3, -0.25) is 9.69 Å². The average molecular weight is 284 g/mol. The van der Waals surface area contributed by atoms with Crippen LogP contribution in [-0.2, 0) is 9.53 Å². The summed E-state index contributed by atoms with van der Waals surface area (Å²) >= 11 is 0. The molecule has 2 unspecified atom stereocenters. The quantitative estimate of drug-likeness (QED) is 0.813. The number of hydrogen-bond donors (Lipinski definition) is 1. The molecule has 2 rings (SSSR count). The SMILES string of the molecule is CC1CCCCN1C(=O)CN1CCCC(OCCO)C1. The second-order valence-electron chi connectivity index (χ2n) is 6.03. The van der Waals surface area contributed by atoms with Crippen LogP contribution >= 0.6 is 0 Å². The Labute approximate surface area is 121 Å². The van der Waals surface area contributed by atoms with Crippen LogP contribution < -0.4 is 0 Å². The molecule has 0 aliphatic carbocycles. The molecular formula is C15H28N2O3. The number of aliphatic hydroxyl groups excluding tert-OH is 1. The van der Waals surface area contributed by atoms with Gasteiger partial charge < -0.3 is 14.7 Å². The fourth-order valence-corrected chi connectivity index (χ4v) is 3.26. The summed E-state index contributed by atoms with van der Waals surface area (Å²) < 4.78 is 5.59. The second-order valence-corrected chi connectivity index (χ2v) is 6.03. The first-order valence-electron chi connectivity index (χ1n) is 7.95. The molecule has 20 heavy (non-hydrogen) atoms. The van der Waals surface area contributed by atoms with Crippen molar-refractivity contribution in [1.82, 2.24) is 9.80 Å². The van der Waals surface area contributed by atoms with Gasteiger partial charge in [-0.25, -0.2) is 0 Å². The maximum Gasteiger partial charge on any atom is 0.236 e. The lowest BCUT2D eigenvalue weighted by atomic mass is 10.0. The van der Waals surface area contributed by atoms with E-state index in [4.69, 9.17) is 9.84 Å². The van der Waals surface area contributed by atoms with E-state index in [2.05, 4.69) is 11.8 Å². The summed E-state index contributed by atoms with van der Waals surface area (Å²) in [6.07, 6.45) is 5.78. The van der Waals surface area contributed by atoms with E-state index in [0.29, 0.717) is 19.2 Å². The molecule has 2 aliphatic rings. The molecule has 116 valence electrons. The third-order valence-corrected chi connectivity index (χ3v) is 4.39. The van der Waals surface area contributed by atoms with E-state index in [1.807, 2.05) is 4.90 Å². The highest BCUT2D eigenvalue weighted by Crippen LogP contribution is 2.18. The van der Waals surface area contributed by atoms with Crippen molar-refractivity contribution in [2.75, 3.05) is 39.4 Å². The zero-order chi connectivity index (χ0) is 14.4. The number of hydrogen-bond acceptors (Lipinski definition) is 4. The Morgan fingerprint density at radius 2 is 2.10 bits per heavy atom. The number of amides is 1. The van der Waals surface area contributed by atoms with Gasteiger partial charge >= 0.3 is 0 Å². The number of piperidine rings is 2. The first kappa shape index (κ1) is 15.7. The minimum atomic E-state index is 0.0702. The predicted octanol–water partition coefficient (Wildman–Crippen LogP) is 0.861. The van der Waals surface area contributed by atoms with Gasteiger partial charge in [0.1, 0.15) is 0 Å². The van der Waals surface area contributed by atoms with Crippen LogP contribution in [0.5, 0.6) is 0 Å². The summed E-state index contributed by atoms with van der Waals surface area (Å²) in [5.41, 5.74) is 0. The molecule has 2 saturated heterocycles. The van der Waals surface area contributed by atoms with Gasteiger partial charge in [-0.2, -0.15) is 0 Å². The summed E-state index contributed by atoms with van der Waals surface area (Å²) in [5, 5.41) is 8.81. The zero-order valence-electron chi connectivity index (χ0n) is 12.6. The van der Waals surface area contributed by atoms with Gasteiger partial charge in [-0.1, -0.05) is 0 Å². The largest absolute Gasteiger partial charge is 0.394 e. The minimum absolute atomic E-state index is 0.0702. The standard InChI is InChI=1S/C15H28N2O3/c1-13-5-2-3-8-17(13)15(19)12-16-7-4-6-14(11-16)20-10-9-18/h13-14,18H,2-12H2,1H3. The van der Waals surface area contributed by atoms with Crippen molar-refractivity contribution in [3.05, 3.63) is 0 Å². The Balaban J connectivity index is 1.78. The number of carbonyl (C=O) groups excluding carboxylic acids is 1. The molecule has 1 amide bonds. The second kappa shape index (κ2) is 7.96. The molecule has 2 atom stereocenters. The highest BCUT2D eigenvalue weighted by molar-refractivity contribution is 5.78. The maximum atomic E-state index is 12.4. The van der Waals surface area contributed by atoms with Crippen LogP contribution in [0.3, 0.4) is 0 Å². The molecule has 1 N–H and O–H groups in total. The first-order valence-corrected chi connectivity index (χ1v) is 7.95. The normalized spacial score (nSPS) is 28.6. The predicted molar refractivity (Wildman–Crippen MR) is 77.5 cm³/mol. The molecule has 0 bridgehead atoms. The Morgan fingerprint density at radius 3 is 2.85 bits per heavy atom. The van der Waals surface area contributed by atoms with Crippen LogP contribution in [0.2, 0.25) is 0 Å². The molecule has 0 saturated carbocycles. The monoisotopic (exact) mass is 284 g/mol. The molecular weight excluding hydrogens is 256 g/mol. The van der Waals surface area contributed by atoms with Crippen LogP contribution in [-0.4, -0.2) is 72.4 Å². The summed E-state index contributed by atoms with van der Waals surface area (Å²) in [4.78, 5) is 16.6. The summed E-state index contributed by atoms with van der Waals surface area (Å²) in [6.45, 7) is 5.85. The maximum absolute atomic E-state index is 12.4. The molecule has 2 aliphatic heterocycles. The van der Waals surface area contributed by atoms with Crippen LogP contribution in [0.15, 0.2) is 0 Å². The van der Waals surface area contributed by atoms with Gasteiger partial charge in [0, 0.05) is 19.1 Å². The molecule has 0 radical (unpaired) electrons. The smallest absolute Gasteiger partial charge is 0.236 e. The van der Waals surface area contributed by atoms with Crippen LogP contribution in [0.1, 0.15) is 39.0 Å². The van der Waals surface area contributed by atoms with Crippen molar-refractivity contribution in [3.63, 3.8) is 0 Å². The van der Waals surface area contributed by atoms with E-state index in [9.17, 15) is 4.79 Å². The van der Waals surface area contributed by atoms with Crippen molar-refractivity contribution >= 4 is 5.91 Å². The fraction of sp³-hybridized carbons (Fsp3) is 0.933. The number of nitrogens with zero attached hydrogens (tertiary/aromatic N) is 2. The van der Waals surface area contributed by atoms with E-state index in [0.717, 1.165) is 45.3 Å². The van der Waals surface area contributed by atoms with E-state index in [1.165, 1.54) is 6.42 Å². The number of rotatable bonds is 5. The van der Waals surface area contributed by atoms with E-state index < -0.39 is 0 Å². The zero-order valence-corrected chi connectivity index (χ0v) is 12.6. The lowest BCUT2D eigenvalue weighted by molar-refractivity contribution is -0.136. The van der Waals surface area contributed by atoms with E-state index >= 15 is 0 Å². The van der Waals surface area contributed by atoms with Crippen molar-refractivity contribution in [2.24, 2.45) is 0 Å². The number of aliphatic hydroxyl groups is 1. The molecule has 0 spiro atoms. The highest BCUT2D eigenvalue weighted by atomic mass is 16.5. The number of likely N-dealkylation sites (tertiary alicyclic amines) is 2. The van der Waals surface area contributed by atoms with Crippen LogP contribution in [0.25, 0.3) is 0 Å². The first-order chi connectivity index (χ1) is 9.70. The Morgan fingerprint density at radius 1 is 1.25 bits per heavy atom. The molecule has 5 heteroatoms. The van der Waals surface area contributed by atoms with E-state index in [-0.39, 0.29) is 18.6 Å². The molecule has 0 aromatic carbocycles. The van der Waals surface area contributed by atoms with Gasteiger partial charge in [0.25, 0.3) is 0 Å². The molecule has 0 aromatic rings. The lowest BCUT2D eigenvalue weighted by Gasteiger charge is -2.37. The van der Waals surface area contributed by atoms with Gasteiger partial charge in [-0.15, -0.1) is 0 Å². The van der Waals surface area contributed by atoms with Gasteiger partial charge in [0.15, 0.2) is 0 Å². The number of carbonyl (C=O) groups is 1. The van der Waals surface area contributed by atoms with Gasteiger partial charge in [0.05, 0.1) is 25.9 Å². The topological polar surface area (TPSA) is 53.0 Å². The van der Waals surface area contributed by atoms with Crippen molar-refractivity contribution in [2.45, 2.75) is 51.2 Å². The third kappa shape index (κ3) is 4.43. The fourth-order valence-electron chi connectivity index (χ4n) is 3.26. The third-order valence-electron chi connectivity index (χ3n) is 4.39. The van der Waals surface area contributed by atoms with Crippen molar-refractivity contribution < 1.29 is 14.6 Å². The van der Waals surface area contributed by atoms with Gasteiger partial charge in [-0.05, 0) is 45.6 Å². The van der Waals surface area contributed by atoms with Gasteiger partial charge in [0.2, 0.25) is 5.91 Å². The van der Waals surface area contributed by atoms with Crippen LogP contribution in [0.4, 0.5) is 0 Å².